The van der Waals surface area contributed by atoms with Gasteiger partial charge in [0.2, 0.25) is 0 Å². The fourth-order valence-corrected chi connectivity index (χ4v) is 2.56. The Labute approximate surface area is 123 Å². The lowest BCUT2D eigenvalue weighted by molar-refractivity contribution is 0.813. The maximum Gasteiger partial charge on any atom is 0.0426 e. The zero-order valence-electron chi connectivity index (χ0n) is 11.4. The molecule has 0 saturated carbocycles. The van der Waals surface area contributed by atoms with Gasteiger partial charge in [0.15, 0.2) is 0 Å². The third-order valence-corrected chi connectivity index (χ3v) is 3.85. The van der Waals surface area contributed by atoms with Crippen molar-refractivity contribution in [2.24, 2.45) is 0 Å². The number of nitrogens with zero attached hydrogens (tertiary/aromatic N) is 1. The van der Waals surface area contributed by atoms with Gasteiger partial charge in [0.1, 0.15) is 0 Å². The lowest BCUT2D eigenvalue weighted by Crippen LogP contribution is -2.16. The molecule has 0 aliphatic rings. The van der Waals surface area contributed by atoms with Crippen molar-refractivity contribution in [3.8, 4) is 0 Å². The molecule has 2 nitrogen and oxygen atoms in total. The van der Waals surface area contributed by atoms with Gasteiger partial charge in [0.05, 0.1) is 0 Å². The first-order valence-electron chi connectivity index (χ1n) is 6.39. The SMILES string of the molecule is CNCc1ccc(N(C)Cc2ccccc2)cc1Br. The molecule has 0 saturated heterocycles. The molecule has 100 valence electrons. The summed E-state index contributed by atoms with van der Waals surface area (Å²) in [5.41, 5.74) is 3.82. The minimum absolute atomic E-state index is 0.878. The van der Waals surface area contributed by atoms with Crippen LogP contribution in [0.2, 0.25) is 0 Å². The van der Waals surface area contributed by atoms with Crippen molar-refractivity contribution in [2.45, 2.75) is 13.1 Å². The first kappa shape index (κ1) is 14.1. The number of rotatable bonds is 5. The molecule has 0 atom stereocenters. The molecule has 0 amide bonds. The van der Waals surface area contributed by atoms with Gasteiger partial charge >= 0.3 is 0 Å². The Bertz CT molecular complexity index is 526. The van der Waals surface area contributed by atoms with E-state index in [1.54, 1.807) is 0 Å². The molecule has 2 rings (SSSR count). The van der Waals surface area contributed by atoms with Crippen molar-refractivity contribution in [1.29, 1.82) is 0 Å². The second kappa shape index (κ2) is 6.73. The molecule has 0 aliphatic carbocycles. The van der Waals surface area contributed by atoms with Gasteiger partial charge in [-0.2, -0.15) is 0 Å². The molecule has 0 bridgehead atoms. The van der Waals surface area contributed by atoms with E-state index >= 15 is 0 Å². The molecule has 2 aromatic rings. The standard InChI is InChI=1S/C16H19BrN2/c1-18-11-14-8-9-15(10-16(14)17)19(2)12-13-6-4-3-5-7-13/h3-10,18H,11-12H2,1-2H3. The van der Waals surface area contributed by atoms with Crippen molar-refractivity contribution >= 4 is 21.6 Å². The fourth-order valence-electron chi connectivity index (χ4n) is 2.06. The van der Waals surface area contributed by atoms with Gasteiger partial charge in [0, 0.05) is 30.3 Å². The lowest BCUT2D eigenvalue weighted by Gasteiger charge is -2.20. The van der Waals surface area contributed by atoms with E-state index in [2.05, 4.69) is 75.7 Å². The summed E-state index contributed by atoms with van der Waals surface area (Å²) in [7, 11) is 4.08. The molecule has 0 aliphatic heterocycles. The van der Waals surface area contributed by atoms with Crippen LogP contribution in [0.1, 0.15) is 11.1 Å². The van der Waals surface area contributed by atoms with Crippen LogP contribution in [0, 0.1) is 0 Å². The Balaban J connectivity index is 2.11. The number of anilines is 1. The summed E-state index contributed by atoms with van der Waals surface area (Å²) < 4.78 is 1.15. The molecule has 1 N–H and O–H groups in total. The van der Waals surface area contributed by atoms with Crippen LogP contribution < -0.4 is 10.2 Å². The van der Waals surface area contributed by atoms with Gasteiger partial charge in [-0.1, -0.05) is 52.3 Å². The summed E-state index contributed by atoms with van der Waals surface area (Å²) in [6, 6.07) is 17.0. The molecule has 19 heavy (non-hydrogen) atoms. The van der Waals surface area contributed by atoms with E-state index in [0.29, 0.717) is 0 Å². The molecular weight excluding hydrogens is 300 g/mol. The molecule has 0 spiro atoms. The predicted octanol–water partition coefficient (Wildman–Crippen LogP) is 3.80. The van der Waals surface area contributed by atoms with Crippen LogP contribution >= 0.6 is 15.9 Å². The maximum atomic E-state index is 3.64. The molecule has 0 heterocycles. The van der Waals surface area contributed by atoms with E-state index in [1.807, 2.05) is 13.1 Å². The van der Waals surface area contributed by atoms with E-state index < -0.39 is 0 Å². The average Bonchev–Trinajstić information content (AvgIpc) is 2.42. The number of hydrogen-bond acceptors (Lipinski definition) is 2. The monoisotopic (exact) mass is 318 g/mol. The molecular formula is C16H19BrN2. The average molecular weight is 319 g/mol. The first-order valence-corrected chi connectivity index (χ1v) is 7.18. The Morgan fingerprint density at radius 3 is 2.47 bits per heavy atom. The summed E-state index contributed by atoms with van der Waals surface area (Å²) in [5, 5.41) is 3.17. The van der Waals surface area contributed by atoms with Gasteiger partial charge in [-0.05, 0) is 30.3 Å². The largest absolute Gasteiger partial charge is 0.370 e. The minimum atomic E-state index is 0.878. The van der Waals surface area contributed by atoms with Gasteiger partial charge in [-0.3, -0.25) is 0 Å². The Morgan fingerprint density at radius 2 is 1.84 bits per heavy atom. The van der Waals surface area contributed by atoms with Crippen LogP contribution in [0.15, 0.2) is 53.0 Å². The molecule has 0 fully saturated rings. The number of benzene rings is 2. The Morgan fingerprint density at radius 1 is 1.11 bits per heavy atom. The van der Waals surface area contributed by atoms with Crippen molar-refractivity contribution in [3.05, 3.63) is 64.1 Å². The van der Waals surface area contributed by atoms with Crippen molar-refractivity contribution in [2.75, 3.05) is 19.0 Å². The van der Waals surface area contributed by atoms with Crippen LogP contribution in [0.25, 0.3) is 0 Å². The highest BCUT2D eigenvalue weighted by Gasteiger charge is 2.05. The van der Waals surface area contributed by atoms with E-state index in [-0.39, 0.29) is 0 Å². The van der Waals surface area contributed by atoms with E-state index in [4.69, 9.17) is 0 Å². The van der Waals surface area contributed by atoms with Crippen molar-refractivity contribution in [3.63, 3.8) is 0 Å². The minimum Gasteiger partial charge on any atom is -0.370 e. The molecule has 2 aromatic carbocycles. The van der Waals surface area contributed by atoms with Crippen LogP contribution in [0.5, 0.6) is 0 Å². The van der Waals surface area contributed by atoms with Crippen LogP contribution in [-0.4, -0.2) is 14.1 Å². The summed E-state index contributed by atoms with van der Waals surface area (Å²) in [6.07, 6.45) is 0. The lowest BCUT2D eigenvalue weighted by atomic mass is 10.1. The summed E-state index contributed by atoms with van der Waals surface area (Å²) in [5.74, 6) is 0. The summed E-state index contributed by atoms with van der Waals surface area (Å²) in [4.78, 5) is 2.25. The van der Waals surface area contributed by atoms with Gasteiger partial charge < -0.3 is 10.2 Å². The quantitative estimate of drug-likeness (QED) is 0.902. The van der Waals surface area contributed by atoms with E-state index in [0.717, 1.165) is 17.6 Å². The van der Waals surface area contributed by atoms with E-state index in [9.17, 15) is 0 Å². The normalized spacial score (nSPS) is 10.5. The molecule has 0 aromatic heterocycles. The third kappa shape index (κ3) is 3.82. The smallest absolute Gasteiger partial charge is 0.0426 e. The summed E-state index contributed by atoms with van der Waals surface area (Å²) in [6.45, 7) is 1.79. The molecule has 3 heteroatoms. The first-order chi connectivity index (χ1) is 9.20. The highest BCUT2D eigenvalue weighted by molar-refractivity contribution is 9.10. The van der Waals surface area contributed by atoms with Crippen molar-refractivity contribution < 1.29 is 0 Å². The van der Waals surface area contributed by atoms with Gasteiger partial charge in [-0.25, -0.2) is 0 Å². The Hall–Kier alpha value is -1.32. The topological polar surface area (TPSA) is 15.3 Å². The molecule has 0 unspecified atom stereocenters. The number of halogens is 1. The highest BCUT2D eigenvalue weighted by Crippen LogP contribution is 2.24. The second-order valence-electron chi connectivity index (χ2n) is 4.65. The third-order valence-electron chi connectivity index (χ3n) is 3.11. The highest BCUT2D eigenvalue weighted by atomic mass is 79.9. The zero-order valence-corrected chi connectivity index (χ0v) is 12.9. The van der Waals surface area contributed by atoms with Gasteiger partial charge in [0.25, 0.3) is 0 Å². The summed E-state index contributed by atoms with van der Waals surface area (Å²) >= 11 is 3.64. The van der Waals surface area contributed by atoms with E-state index in [1.165, 1.54) is 16.8 Å². The zero-order chi connectivity index (χ0) is 13.7. The van der Waals surface area contributed by atoms with Crippen molar-refractivity contribution in [1.82, 2.24) is 5.32 Å². The fraction of sp³-hybridized carbons (Fsp3) is 0.250. The number of nitrogens with one attached hydrogen (secondary N) is 1. The number of hydrogen-bond donors (Lipinski definition) is 1. The van der Waals surface area contributed by atoms with Crippen LogP contribution in [0.4, 0.5) is 5.69 Å². The van der Waals surface area contributed by atoms with Gasteiger partial charge in [-0.15, -0.1) is 0 Å². The maximum absolute atomic E-state index is 3.64. The Kier molecular flexibility index (Phi) is 5.00. The van der Waals surface area contributed by atoms with Crippen LogP contribution in [0.3, 0.4) is 0 Å². The predicted molar refractivity (Wildman–Crippen MR) is 85.5 cm³/mol. The molecule has 0 radical (unpaired) electrons. The van der Waals surface area contributed by atoms with Crippen LogP contribution in [-0.2, 0) is 13.1 Å². The second-order valence-corrected chi connectivity index (χ2v) is 5.50.